The standard InChI is InChI=1S/C13H10ClFN2O2/c14-11-10(15)12(18)17(13(19)16-11)9-5-4-7-2-1-3-8(7)6-9/h4-6H,1-3H2,(H,16,19). The molecule has 3 rings (SSSR count). The molecular formula is C13H10ClFN2O2. The van der Waals surface area contributed by atoms with E-state index < -0.39 is 22.2 Å². The van der Waals surface area contributed by atoms with Gasteiger partial charge in [0.15, 0.2) is 5.15 Å². The lowest BCUT2D eigenvalue weighted by Gasteiger charge is -2.07. The molecule has 4 nitrogen and oxygen atoms in total. The van der Waals surface area contributed by atoms with Crippen molar-refractivity contribution in [3.8, 4) is 5.69 Å². The Labute approximate surface area is 112 Å². The van der Waals surface area contributed by atoms with E-state index in [0.717, 1.165) is 29.4 Å². The molecule has 6 heteroatoms. The second kappa shape index (κ2) is 4.35. The van der Waals surface area contributed by atoms with Gasteiger partial charge in [-0.25, -0.2) is 9.36 Å². The molecule has 1 aromatic carbocycles. The summed E-state index contributed by atoms with van der Waals surface area (Å²) < 4.78 is 14.3. The van der Waals surface area contributed by atoms with E-state index in [2.05, 4.69) is 4.98 Å². The summed E-state index contributed by atoms with van der Waals surface area (Å²) in [5.74, 6) is -1.15. The number of halogens is 2. The Morgan fingerprint density at radius 3 is 2.74 bits per heavy atom. The third-order valence-electron chi connectivity index (χ3n) is 3.34. The first-order chi connectivity index (χ1) is 9.08. The van der Waals surface area contributed by atoms with Crippen LogP contribution >= 0.6 is 11.6 Å². The highest BCUT2D eigenvalue weighted by molar-refractivity contribution is 6.29. The minimum atomic E-state index is -1.15. The van der Waals surface area contributed by atoms with Gasteiger partial charge in [0, 0.05) is 0 Å². The average molecular weight is 281 g/mol. The number of fused-ring (bicyclic) bond motifs is 1. The fraction of sp³-hybridized carbons (Fsp3) is 0.231. The zero-order chi connectivity index (χ0) is 13.6. The lowest BCUT2D eigenvalue weighted by Crippen LogP contribution is -2.35. The van der Waals surface area contributed by atoms with Crippen LogP contribution in [0.15, 0.2) is 27.8 Å². The van der Waals surface area contributed by atoms with Gasteiger partial charge in [-0.3, -0.25) is 9.78 Å². The predicted molar refractivity (Wildman–Crippen MR) is 69.7 cm³/mol. The number of nitrogens with one attached hydrogen (secondary N) is 1. The van der Waals surface area contributed by atoms with Gasteiger partial charge in [0.1, 0.15) is 0 Å². The minimum absolute atomic E-state index is 0.363. The molecule has 1 aliphatic rings. The third-order valence-corrected chi connectivity index (χ3v) is 3.60. The monoisotopic (exact) mass is 280 g/mol. The van der Waals surface area contributed by atoms with Crippen LogP contribution in [0.4, 0.5) is 4.39 Å². The Kier molecular flexibility index (Phi) is 2.78. The lowest BCUT2D eigenvalue weighted by atomic mass is 10.1. The second-order valence-corrected chi connectivity index (χ2v) is 4.88. The summed E-state index contributed by atoms with van der Waals surface area (Å²) >= 11 is 5.43. The van der Waals surface area contributed by atoms with Gasteiger partial charge in [-0.1, -0.05) is 17.7 Å². The zero-order valence-electron chi connectivity index (χ0n) is 9.87. The van der Waals surface area contributed by atoms with Crippen LogP contribution in [0.2, 0.25) is 5.15 Å². The highest BCUT2D eigenvalue weighted by Gasteiger charge is 2.16. The molecule has 0 saturated heterocycles. The topological polar surface area (TPSA) is 54.9 Å². The number of aromatic amines is 1. The Morgan fingerprint density at radius 1 is 1.21 bits per heavy atom. The summed E-state index contributed by atoms with van der Waals surface area (Å²) in [6.45, 7) is 0. The quantitative estimate of drug-likeness (QED) is 0.810. The molecule has 98 valence electrons. The van der Waals surface area contributed by atoms with Crippen LogP contribution in [0.5, 0.6) is 0 Å². The Bertz CT molecular complexity index is 779. The van der Waals surface area contributed by atoms with Crippen molar-refractivity contribution in [2.45, 2.75) is 19.3 Å². The number of rotatable bonds is 1. The first kappa shape index (κ1) is 12.2. The van der Waals surface area contributed by atoms with Crippen molar-refractivity contribution < 1.29 is 4.39 Å². The molecule has 0 unspecified atom stereocenters. The third kappa shape index (κ3) is 1.90. The first-order valence-electron chi connectivity index (χ1n) is 5.90. The smallest absolute Gasteiger partial charge is 0.295 e. The van der Waals surface area contributed by atoms with Gasteiger partial charge in [0.2, 0.25) is 5.82 Å². The highest BCUT2D eigenvalue weighted by Crippen LogP contribution is 2.23. The molecule has 2 aromatic rings. The number of H-pyrrole nitrogens is 1. The summed E-state index contributed by atoms with van der Waals surface area (Å²) in [6, 6.07) is 5.27. The van der Waals surface area contributed by atoms with Crippen LogP contribution < -0.4 is 11.2 Å². The molecular weight excluding hydrogens is 271 g/mol. The molecule has 1 heterocycles. The van der Waals surface area contributed by atoms with Crippen LogP contribution in [0.3, 0.4) is 0 Å². The van der Waals surface area contributed by atoms with E-state index in [-0.39, 0.29) is 0 Å². The number of hydrogen-bond donors (Lipinski definition) is 1. The van der Waals surface area contributed by atoms with Crippen LogP contribution in [-0.4, -0.2) is 9.55 Å². The Morgan fingerprint density at radius 2 is 1.95 bits per heavy atom. The lowest BCUT2D eigenvalue weighted by molar-refractivity contribution is 0.584. The zero-order valence-corrected chi connectivity index (χ0v) is 10.6. The Hall–Kier alpha value is -1.88. The SMILES string of the molecule is O=c1[nH]c(Cl)c(F)c(=O)n1-c1ccc2c(c1)CCC2. The van der Waals surface area contributed by atoms with Crippen molar-refractivity contribution in [2.75, 3.05) is 0 Å². The first-order valence-corrected chi connectivity index (χ1v) is 6.28. The molecule has 0 radical (unpaired) electrons. The van der Waals surface area contributed by atoms with E-state index in [9.17, 15) is 14.0 Å². The fourth-order valence-electron chi connectivity index (χ4n) is 2.42. The van der Waals surface area contributed by atoms with Gasteiger partial charge in [0.05, 0.1) is 5.69 Å². The number of aryl methyl sites for hydroxylation is 2. The average Bonchev–Trinajstić information content (AvgIpc) is 2.83. The van der Waals surface area contributed by atoms with Crippen molar-refractivity contribution in [2.24, 2.45) is 0 Å². The number of hydrogen-bond acceptors (Lipinski definition) is 2. The largest absolute Gasteiger partial charge is 0.334 e. The normalized spacial score (nSPS) is 13.6. The number of benzene rings is 1. The molecule has 0 amide bonds. The van der Waals surface area contributed by atoms with Crippen LogP contribution in [0, 0.1) is 5.82 Å². The number of nitrogens with zero attached hydrogens (tertiary/aromatic N) is 1. The van der Waals surface area contributed by atoms with Gasteiger partial charge in [-0.15, -0.1) is 0 Å². The summed E-state index contributed by atoms with van der Waals surface area (Å²) in [4.78, 5) is 25.7. The maximum Gasteiger partial charge on any atom is 0.334 e. The van der Waals surface area contributed by atoms with E-state index in [1.54, 1.807) is 12.1 Å². The molecule has 0 fully saturated rings. The molecule has 1 N–H and O–H groups in total. The molecule has 0 bridgehead atoms. The van der Waals surface area contributed by atoms with Gasteiger partial charge in [0.25, 0.3) is 5.56 Å². The van der Waals surface area contributed by atoms with E-state index in [1.807, 2.05) is 6.07 Å². The highest BCUT2D eigenvalue weighted by atomic mass is 35.5. The van der Waals surface area contributed by atoms with Gasteiger partial charge in [-0.05, 0) is 42.5 Å². The fourth-order valence-corrected chi connectivity index (χ4v) is 2.58. The molecule has 0 atom stereocenters. The molecule has 0 aliphatic heterocycles. The van der Waals surface area contributed by atoms with E-state index in [1.165, 1.54) is 5.56 Å². The van der Waals surface area contributed by atoms with Gasteiger partial charge in [-0.2, -0.15) is 4.39 Å². The van der Waals surface area contributed by atoms with Crippen molar-refractivity contribution in [1.29, 1.82) is 0 Å². The van der Waals surface area contributed by atoms with Crippen LogP contribution in [-0.2, 0) is 12.8 Å². The molecule has 19 heavy (non-hydrogen) atoms. The van der Waals surface area contributed by atoms with Crippen molar-refractivity contribution in [3.05, 3.63) is 61.1 Å². The van der Waals surface area contributed by atoms with E-state index in [0.29, 0.717) is 5.69 Å². The summed E-state index contributed by atoms with van der Waals surface area (Å²) in [6.07, 6.45) is 2.96. The van der Waals surface area contributed by atoms with Crippen molar-refractivity contribution in [3.63, 3.8) is 0 Å². The number of aromatic nitrogens is 2. The molecule has 1 aromatic heterocycles. The molecule has 0 saturated carbocycles. The second-order valence-electron chi connectivity index (χ2n) is 4.51. The predicted octanol–water partition coefficient (Wildman–Crippen LogP) is 1.81. The molecule has 1 aliphatic carbocycles. The summed E-state index contributed by atoms with van der Waals surface area (Å²) in [5, 5.41) is -0.563. The minimum Gasteiger partial charge on any atom is -0.295 e. The van der Waals surface area contributed by atoms with Gasteiger partial charge < -0.3 is 0 Å². The van der Waals surface area contributed by atoms with Crippen molar-refractivity contribution in [1.82, 2.24) is 9.55 Å². The van der Waals surface area contributed by atoms with Gasteiger partial charge >= 0.3 is 5.69 Å². The maximum atomic E-state index is 13.5. The molecule has 0 spiro atoms. The summed E-state index contributed by atoms with van der Waals surface area (Å²) in [7, 11) is 0. The van der Waals surface area contributed by atoms with Crippen molar-refractivity contribution >= 4 is 11.6 Å². The van der Waals surface area contributed by atoms with Crippen LogP contribution in [0.1, 0.15) is 17.5 Å². The van der Waals surface area contributed by atoms with E-state index in [4.69, 9.17) is 11.6 Å². The summed E-state index contributed by atoms with van der Waals surface area (Å²) in [5.41, 5.74) is 0.894. The van der Waals surface area contributed by atoms with E-state index >= 15 is 0 Å². The maximum absolute atomic E-state index is 13.5. The Balaban J connectivity index is 2.26. The van der Waals surface area contributed by atoms with Crippen LogP contribution in [0.25, 0.3) is 5.69 Å².